The van der Waals surface area contributed by atoms with Gasteiger partial charge in [0.1, 0.15) is 0 Å². The molecule has 0 saturated carbocycles. The molecule has 27 heavy (non-hydrogen) atoms. The first kappa shape index (κ1) is 16.2. The van der Waals surface area contributed by atoms with Gasteiger partial charge in [0.2, 0.25) is 12.7 Å². The quantitative estimate of drug-likeness (QED) is 0.745. The molecule has 0 fully saturated rings. The third-order valence-electron chi connectivity index (χ3n) is 5.45. The molecule has 0 bridgehead atoms. The zero-order chi connectivity index (χ0) is 18.2. The van der Waals surface area contributed by atoms with Crippen LogP contribution in [0.2, 0.25) is 0 Å². The number of aryl methyl sites for hydroxylation is 2. The highest BCUT2D eigenvalue weighted by atomic mass is 16.7. The Bertz CT molecular complexity index is 1020. The second-order valence-electron chi connectivity index (χ2n) is 7.31. The number of hydrogen-bond donors (Lipinski definition) is 2. The summed E-state index contributed by atoms with van der Waals surface area (Å²) >= 11 is 0. The molecule has 1 aromatic heterocycles. The number of hydrogen-bond acceptors (Lipinski definition) is 3. The molecule has 0 spiro atoms. The molecule has 0 unspecified atom stereocenters. The number of aromatic nitrogens is 1. The molecule has 5 rings (SSSR count). The molecule has 0 saturated heterocycles. The summed E-state index contributed by atoms with van der Waals surface area (Å²) in [6, 6.07) is 12.1. The summed E-state index contributed by atoms with van der Waals surface area (Å²) in [5.41, 5.74) is 6.11. The Morgan fingerprint density at radius 3 is 2.81 bits per heavy atom. The Labute approximate surface area is 157 Å². The molecule has 138 valence electrons. The molecule has 1 amide bonds. The van der Waals surface area contributed by atoms with E-state index in [1.165, 1.54) is 35.0 Å². The van der Waals surface area contributed by atoms with Gasteiger partial charge >= 0.3 is 0 Å². The van der Waals surface area contributed by atoms with Crippen molar-refractivity contribution in [3.8, 4) is 11.5 Å². The summed E-state index contributed by atoms with van der Waals surface area (Å²) in [4.78, 5) is 15.9. The monoisotopic (exact) mass is 362 g/mol. The number of carbonyl (C=O) groups excluding carboxylic acids is 1. The van der Waals surface area contributed by atoms with Crippen molar-refractivity contribution in [1.82, 2.24) is 10.3 Å². The first-order valence-corrected chi connectivity index (χ1v) is 9.54. The van der Waals surface area contributed by atoms with Crippen LogP contribution in [0.25, 0.3) is 10.9 Å². The van der Waals surface area contributed by atoms with E-state index in [1.807, 2.05) is 18.2 Å². The van der Waals surface area contributed by atoms with E-state index < -0.39 is 0 Å². The molecule has 2 N–H and O–H groups in total. The van der Waals surface area contributed by atoms with Crippen LogP contribution in [-0.2, 0) is 30.6 Å². The molecular weight excluding hydrogens is 340 g/mol. The highest BCUT2D eigenvalue weighted by Gasteiger charge is 2.16. The van der Waals surface area contributed by atoms with Crippen LogP contribution in [0.1, 0.15) is 35.2 Å². The van der Waals surface area contributed by atoms with Gasteiger partial charge in [-0.25, -0.2) is 0 Å². The number of carbonyl (C=O) groups is 1. The molecule has 2 heterocycles. The lowest BCUT2D eigenvalue weighted by molar-refractivity contribution is -0.120. The molecule has 5 heteroatoms. The molecule has 0 radical (unpaired) electrons. The van der Waals surface area contributed by atoms with Crippen molar-refractivity contribution in [1.29, 1.82) is 0 Å². The van der Waals surface area contributed by atoms with E-state index >= 15 is 0 Å². The van der Waals surface area contributed by atoms with Crippen LogP contribution in [0.5, 0.6) is 11.5 Å². The summed E-state index contributed by atoms with van der Waals surface area (Å²) in [5, 5.41) is 4.34. The van der Waals surface area contributed by atoms with Gasteiger partial charge in [-0.1, -0.05) is 12.1 Å². The number of benzene rings is 2. The lowest BCUT2D eigenvalue weighted by Crippen LogP contribution is -2.24. The third kappa shape index (κ3) is 3.14. The van der Waals surface area contributed by atoms with Crippen molar-refractivity contribution in [3.05, 3.63) is 58.8 Å². The van der Waals surface area contributed by atoms with E-state index in [1.54, 1.807) is 0 Å². The van der Waals surface area contributed by atoms with Gasteiger partial charge in [-0.05, 0) is 66.6 Å². The smallest absolute Gasteiger partial charge is 0.231 e. The zero-order valence-corrected chi connectivity index (χ0v) is 15.1. The van der Waals surface area contributed by atoms with Gasteiger partial charge in [-0.3, -0.25) is 4.79 Å². The van der Waals surface area contributed by atoms with E-state index in [0.29, 0.717) is 18.7 Å². The minimum atomic E-state index is 0.00468. The van der Waals surface area contributed by atoms with Crippen LogP contribution in [0.3, 0.4) is 0 Å². The standard InChI is InChI=1S/C22H22N2O3/c25-22(11-14-6-8-20-21(10-14)27-13-26-20)23-12-15-5-7-19-17(9-15)16-3-1-2-4-18(16)24-19/h5-10,24H,1-4,11-13H2,(H,23,25). The minimum absolute atomic E-state index is 0.00468. The Hall–Kier alpha value is -2.95. The van der Waals surface area contributed by atoms with Crippen LogP contribution >= 0.6 is 0 Å². The van der Waals surface area contributed by atoms with Gasteiger partial charge < -0.3 is 19.8 Å². The molecular formula is C22H22N2O3. The largest absolute Gasteiger partial charge is 0.454 e. The molecule has 0 atom stereocenters. The molecule has 1 aliphatic heterocycles. The highest BCUT2D eigenvalue weighted by molar-refractivity contribution is 5.86. The number of nitrogens with one attached hydrogen (secondary N) is 2. The predicted octanol–water partition coefficient (Wildman–Crippen LogP) is 3.63. The van der Waals surface area contributed by atoms with E-state index in [4.69, 9.17) is 9.47 Å². The van der Waals surface area contributed by atoms with Crippen LogP contribution in [-0.4, -0.2) is 17.7 Å². The number of rotatable bonds is 4. The van der Waals surface area contributed by atoms with Crippen molar-refractivity contribution in [2.75, 3.05) is 6.79 Å². The third-order valence-corrected chi connectivity index (χ3v) is 5.45. The van der Waals surface area contributed by atoms with E-state index in [-0.39, 0.29) is 12.7 Å². The van der Waals surface area contributed by atoms with Crippen molar-refractivity contribution < 1.29 is 14.3 Å². The summed E-state index contributed by atoms with van der Waals surface area (Å²) in [5.74, 6) is 1.45. The molecule has 5 nitrogen and oxygen atoms in total. The summed E-state index contributed by atoms with van der Waals surface area (Å²) in [6.45, 7) is 0.787. The molecule has 3 aromatic rings. The van der Waals surface area contributed by atoms with E-state index in [9.17, 15) is 4.79 Å². The maximum Gasteiger partial charge on any atom is 0.231 e. The Morgan fingerprint density at radius 1 is 1.00 bits per heavy atom. The number of ether oxygens (including phenoxy) is 2. The van der Waals surface area contributed by atoms with Crippen LogP contribution in [0.15, 0.2) is 36.4 Å². The first-order valence-electron chi connectivity index (χ1n) is 9.54. The SMILES string of the molecule is O=C(Cc1ccc2c(c1)OCO2)NCc1ccc2[nH]c3c(c2c1)CCCC3. The van der Waals surface area contributed by atoms with Gasteiger partial charge in [0.05, 0.1) is 6.42 Å². The summed E-state index contributed by atoms with van der Waals surface area (Å²) in [6.07, 6.45) is 5.15. The average Bonchev–Trinajstić information content (AvgIpc) is 3.30. The van der Waals surface area contributed by atoms with Crippen LogP contribution in [0, 0.1) is 0 Å². The van der Waals surface area contributed by atoms with Crippen molar-refractivity contribution >= 4 is 16.8 Å². The lowest BCUT2D eigenvalue weighted by Gasteiger charge is -2.11. The predicted molar refractivity (Wildman–Crippen MR) is 103 cm³/mol. The Kier molecular flexibility index (Phi) is 4.00. The number of H-pyrrole nitrogens is 1. The molecule has 2 aromatic carbocycles. The van der Waals surface area contributed by atoms with Gasteiger partial charge in [-0.2, -0.15) is 0 Å². The minimum Gasteiger partial charge on any atom is -0.454 e. The van der Waals surface area contributed by atoms with Crippen molar-refractivity contribution in [3.63, 3.8) is 0 Å². The Morgan fingerprint density at radius 2 is 1.85 bits per heavy atom. The highest BCUT2D eigenvalue weighted by Crippen LogP contribution is 2.32. The number of fused-ring (bicyclic) bond motifs is 4. The Balaban J connectivity index is 1.26. The fourth-order valence-corrected chi connectivity index (χ4v) is 4.06. The topological polar surface area (TPSA) is 63.4 Å². The van der Waals surface area contributed by atoms with Gasteiger partial charge in [0.15, 0.2) is 11.5 Å². The summed E-state index contributed by atoms with van der Waals surface area (Å²) < 4.78 is 10.7. The summed E-state index contributed by atoms with van der Waals surface area (Å²) in [7, 11) is 0. The lowest BCUT2D eigenvalue weighted by atomic mass is 9.95. The van der Waals surface area contributed by atoms with Crippen LogP contribution < -0.4 is 14.8 Å². The maximum absolute atomic E-state index is 12.3. The normalized spacial score (nSPS) is 15.0. The fourth-order valence-electron chi connectivity index (χ4n) is 4.06. The molecule has 2 aliphatic rings. The fraction of sp³-hybridized carbons (Fsp3) is 0.318. The number of aromatic amines is 1. The molecule has 1 aliphatic carbocycles. The van der Waals surface area contributed by atoms with E-state index in [0.717, 1.165) is 29.7 Å². The van der Waals surface area contributed by atoms with Crippen molar-refractivity contribution in [2.24, 2.45) is 0 Å². The zero-order valence-electron chi connectivity index (χ0n) is 15.1. The van der Waals surface area contributed by atoms with Crippen molar-refractivity contribution in [2.45, 2.75) is 38.6 Å². The first-order chi connectivity index (χ1) is 13.3. The second-order valence-corrected chi connectivity index (χ2v) is 7.31. The van der Waals surface area contributed by atoms with Gasteiger partial charge in [0.25, 0.3) is 0 Å². The average molecular weight is 362 g/mol. The van der Waals surface area contributed by atoms with E-state index in [2.05, 4.69) is 28.5 Å². The number of amides is 1. The van der Waals surface area contributed by atoms with Gasteiger partial charge in [-0.15, -0.1) is 0 Å². The second kappa shape index (κ2) is 6.65. The van der Waals surface area contributed by atoms with Crippen LogP contribution in [0.4, 0.5) is 0 Å². The van der Waals surface area contributed by atoms with Gasteiger partial charge in [0, 0.05) is 23.1 Å². The maximum atomic E-state index is 12.3.